The Bertz CT molecular complexity index is 603. The van der Waals surface area contributed by atoms with Gasteiger partial charge in [0.15, 0.2) is 0 Å². The number of piperidine rings is 1. The minimum atomic E-state index is -0.272. The van der Waals surface area contributed by atoms with Gasteiger partial charge in [-0.3, -0.25) is 4.79 Å². The van der Waals surface area contributed by atoms with E-state index in [1.54, 1.807) is 0 Å². The average molecular weight is 286 g/mol. The molecule has 1 amide bonds. The third-order valence-electron chi connectivity index (χ3n) is 4.20. The summed E-state index contributed by atoms with van der Waals surface area (Å²) in [5.41, 5.74) is 1.89. The molecule has 112 valence electrons. The maximum atomic E-state index is 12.5. The van der Waals surface area contributed by atoms with Gasteiger partial charge in [0.25, 0.3) is 0 Å². The first-order valence-electron chi connectivity index (χ1n) is 7.67. The van der Waals surface area contributed by atoms with Crippen molar-refractivity contribution < 1.29 is 4.79 Å². The van der Waals surface area contributed by atoms with E-state index in [1.807, 2.05) is 36.1 Å². The van der Waals surface area contributed by atoms with Crippen molar-refractivity contribution in [3.05, 3.63) is 24.3 Å². The Balaban J connectivity index is 1.70. The van der Waals surface area contributed by atoms with Gasteiger partial charge in [0, 0.05) is 12.6 Å². The first-order chi connectivity index (χ1) is 10.1. The summed E-state index contributed by atoms with van der Waals surface area (Å²) in [6.45, 7) is 4.90. The number of aromatic nitrogens is 2. The normalized spacial score (nSPS) is 20.5. The molecule has 1 aliphatic heterocycles. The molecule has 3 rings (SSSR count). The second-order valence-corrected chi connectivity index (χ2v) is 5.85. The number of amides is 1. The number of nitrogens with zero attached hydrogens (tertiary/aromatic N) is 2. The molecule has 1 aromatic carbocycles. The van der Waals surface area contributed by atoms with Crippen LogP contribution in [0.15, 0.2) is 24.3 Å². The molecule has 0 aliphatic carbocycles. The number of carbonyl (C=O) groups is 1. The van der Waals surface area contributed by atoms with Crippen LogP contribution in [-0.2, 0) is 4.79 Å². The monoisotopic (exact) mass is 286 g/mol. The van der Waals surface area contributed by atoms with E-state index >= 15 is 0 Å². The molecule has 2 heterocycles. The van der Waals surface area contributed by atoms with E-state index in [0.29, 0.717) is 12.0 Å². The first-order valence-corrected chi connectivity index (χ1v) is 7.67. The molecule has 1 fully saturated rings. The Morgan fingerprint density at radius 1 is 1.43 bits per heavy atom. The van der Waals surface area contributed by atoms with Crippen LogP contribution >= 0.6 is 0 Å². The minimum Gasteiger partial charge on any atom is -0.344 e. The topological polar surface area (TPSA) is 61.0 Å². The fourth-order valence-corrected chi connectivity index (χ4v) is 2.96. The number of imidazole rings is 1. The highest BCUT2D eigenvalue weighted by molar-refractivity contribution is 5.85. The van der Waals surface area contributed by atoms with Crippen molar-refractivity contribution in [2.75, 3.05) is 11.9 Å². The Kier molecular flexibility index (Phi) is 3.82. The number of H-pyrrole nitrogens is 1. The van der Waals surface area contributed by atoms with Crippen molar-refractivity contribution in [3.8, 4) is 0 Å². The maximum Gasteiger partial charge on any atom is 0.245 e. The summed E-state index contributed by atoms with van der Waals surface area (Å²) in [6, 6.07) is 7.92. The molecular formula is C16H22N4O. The lowest BCUT2D eigenvalue weighted by molar-refractivity contribution is -0.134. The molecule has 0 saturated carbocycles. The zero-order valence-electron chi connectivity index (χ0n) is 12.6. The molecule has 5 heteroatoms. The van der Waals surface area contributed by atoms with Gasteiger partial charge in [-0.25, -0.2) is 4.98 Å². The fraction of sp³-hybridized carbons (Fsp3) is 0.500. The quantitative estimate of drug-likeness (QED) is 0.912. The summed E-state index contributed by atoms with van der Waals surface area (Å²) in [5.74, 6) is 0.810. The van der Waals surface area contributed by atoms with Crippen LogP contribution in [0.3, 0.4) is 0 Å². The molecular weight excluding hydrogens is 264 g/mol. The Morgan fingerprint density at radius 3 is 3.00 bits per heavy atom. The molecule has 2 aromatic rings. The Labute approximate surface area is 124 Å². The third kappa shape index (κ3) is 2.86. The number of hydrogen-bond donors (Lipinski definition) is 2. The highest BCUT2D eigenvalue weighted by Crippen LogP contribution is 2.19. The number of carbonyl (C=O) groups excluding carboxylic acids is 1. The van der Waals surface area contributed by atoms with Crippen molar-refractivity contribution in [3.63, 3.8) is 0 Å². The molecule has 5 nitrogen and oxygen atoms in total. The number of aromatic amines is 1. The lowest BCUT2D eigenvalue weighted by atomic mass is 10.0. The molecule has 1 aliphatic rings. The van der Waals surface area contributed by atoms with Crippen LogP contribution in [-0.4, -0.2) is 39.4 Å². The minimum absolute atomic E-state index is 0.155. The van der Waals surface area contributed by atoms with Crippen molar-refractivity contribution >= 4 is 22.9 Å². The van der Waals surface area contributed by atoms with Crippen molar-refractivity contribution in [1.29, 1.82) is 0 Å². The lowest BCUT2D eigenvalue weighted by Gasteiger charge is -2.35. The average Bonchev–Trinajstić information content (AvgIpc) is 2.89. The summed E-state index contributed by atoms with van der Waals surface area (Å²) in [4.78, 5) is 22.2. The largest absolute Gasteiger partial charge is 0.344 e. The standard InChI is InChI=1S/C16H22N4O/c1-11-7-5-6-10-20(11)15(21)12(2)17-16-18-13-8-3-4-9-14(13)19-16/h3-4,8-9,11-12H,5-7,10H2,1-2H3,(H2,17,18,19). The summed E-state index contributed by atoms with van der Waals surface area (Å²) >= 11 is 0. The zero-order chi connectivity index (χ0) is 14.8. The second kappa shape index (κ2) is 5.76. The number of likely N-dealkylation sites (tertiary alicyclic amines) is 1. The molecule has 0 radical (unpaired) electrons. The summed E-state index contributed by atoms with van der Waals surface area (Å²) < 4.78 is 0. The fourth-order valence-electron chi connectivity index (χ4n) is 2.96. The number of para-hydroxylation sites is 2. The van der Waals surface area contributed by atoms with Crippen LogP contribution in [0.5, 0.6) is 0 Å². The van der Waals surface area contributed by atoms with Gasteiger partial charge in [0.05, 0.1) is 11.0 Å². The van der Waals surface area contributed by atoms with Gasteiger partial charge < -0.3 is 15.2 Å². The number of benzene rings is 1. The SMILES string of the molecule is CC(Nc1nc2ccccc2[nH]1)C(=O)N1CCCCC1C. The lowest BCUT2D eigenvalue weighted by Crippen LogP contribution is -2.48. The van der Waals surface area contributed by atoms with Gasteiger partial charge in [-0.2, -0.15) is 0 Å². The van der Waals surface area contributed by atoms with E-state index in [2.05, 4.69) is 22.2 Å². The predicted molar refractivity (Wildman–Crippen MR) is 84.2 cm³/mol. The summed E-state index contributed by atoms with van der Waals surface area (Å²) in [5, 5.41) is 3.19. The Morgan fingerprint density at radius 2 is 2.24 bits per heavy atom. The van der Waals surface area contributed by atoms with Gasteiger partial charge >= 0.3 is 0 Å². The molecule has 0 spiro atoms. The van der Waals surface area contributed by atoms with E-state index < -0.39 is 0 Å². The molecule has 21 heavy (non-hydrogen) atoms. The van der Waals surface area contributed by atoms with Crippen LogP contribution in [0, 0.1) is 0 Å². The van der Waals surface area contributed by atoms with Gasteiger partial charge in [-0.1, -0.05) is 12.1 Å². The van der Waals surface area contributed by atoms with E-state index in [9.17, 15) is 4.79 Å². The van der Waals surface area contributed by atoms with Crippen molar-refractivity contribution in [2.45, 2.75) is 45.2 Å². The predicted octanol–water partition coefficient (Wildman–Crippen LogP) is 2.76. The van der Waals surface area contributed by atoms with E-state index in [0.717, 1.165) is 30.4 Å². The molecule has 2 atom stereocenters. The van der Waals surface area contributed by atoms with Crippen LogP contribution < -0.4 is 5.32 Å². The van der Waals surface area contributed by atoms with Gasteiger partial charge in [0.1, 0.15) is 6.04 Å². The zero-order valence-corrected chi connectivity index (χ0v) is 12.6. The van der Waals surface area contributed by atoms with Crippen molar-refractivity contribution in [2.24, 2.45) is 0 Å². The smallest absolute Gasteiger partial charge is 0.245 e. The summed E-state index contributed by atoms with van der Waals surface area (Å²) in [6.07, 6.45) is 3.42. The number of nitrogens with one attached hydrogen (secondary N) is 2. The third-order valence-corrected chi connectivity index (χ3v) is 4.20. The van der Waals surface area contributed by atoms with Gasteiger partial charge in [-0.05, 0) is 45.2 Å². The molecule has 1 aromatic heterocycles. The summed E-state index contributed by atoms with van der Waals surface area (Å²) in [7, 11) is 0. The van der Waals surface area contributed by atoms with Crippen LogP contribution in [0.2, 0.25) is 0 Å². The highest BCUT2D eigenvalue weighted by Gasteiger charge is 2.27. The number of hydrogen-bond acceptors (Lipinski definition) is 3. The molecule has 1 saturated heterocycles. The van der Waals surface area contributed by atoms with E-state index in [1.165, 1.54) is 6.42 Å². The van der Waals surface area contributed by atoms with Crippen LogP contribution in [0.4, 0.5) is 5.95 Å². The number of fused-ring (bicyclic) bond motifs is 1. The Hall–Kier alpha value is -2.04. The van der Waals surface area contributed by atoms with Crippen LogP contribution in [0.1, 0.15) is 33.1 Å². The van der Waals surface area contributed by atoms with Crippen molar-refractivity contribution in [1.82, 2.24) is 14.9 Å². The number of anilines is 1. The second-order valence-electron chi connectivity index (χ2n) is 5.85. The van der Waals surface area contributed by atoms with Crippen LogP contribution in [0.25, 0.3) is 11.0 Å². The molecule has 2 N–H and O–H groups in total. The van der Waals surface area contributed by atoms with Gasteiger partial charge in [0.2, 0.25) is 11.9 Å². The van der Waals surface area contributed by atoms with E-state index in [4.69, 9.17) is 0 Å². The van der Waals surface area contributed by atoms with Gasteiger partial charge in [-0.15, -0.1) is 0 Å². The molecule has 2 unspecified atom stereocenters. The maximum absolute atomic E-state index is 12.5. The number of rotatable bonds is 3. The molecule has 0 bridgehead atoms. The van der Waals surface area contributed by atoms with E-state index in [-0.39, 0.29) is 11.9 Å². The highest BCUT2D eigenvalue weighted by atomic mass is 16.2. The first kappa shape index (κ1) is 13.9.